The summed E-state index contributed by atoms with van der Waals surface area (Å²) in [4.78, 5) is 20.2. The van der Waals surface area contributed by atoms with E-state index in [4.69, 9.17) is 0 Å². The average molecular weight is 283 g/mol. The summed E-state index contributed by atoms with van der Waals surface area (Å²) >= 11 is 0. The van der Waals surface area contributed by atoms with Gasteiger partial charge in [0, 0.05) is 11.8 Å². The maximum Gasteiger partial charge on any atom is 0.258 e. The molecule has 0 radical (unpaired) electrons. The maximum absolute atomic E-state index is 12.8. The fourth-order valence-corrected chi connectivity index (χ4v) is 1.71. The van der Waals surface area contributed by atoms with Crippen LogP contribution >= 0.6 is 0 Å². The Hall–Kier alpha value is -3.09. The van der Waals surface area contributed by atoms with Crippen LogP contribution in [0.3, 0.4) is 0 Å². The third kappa shape index (κ3) is 2.92. The second-order valence-corrected chi connectivity index (χ2v) is 4.18. The normalized spacial score (nSPS) is 10.3. The first kappa shape index (κ1) is 12.9. The molecule has 3 aromatic rings. The largest absolute Gasteiger partial charge is 0.289 e. The number of aromatic nitrogens is 4. The van der Waals surface area contributed by atoms with Crippen LogP contribution in [0.15, 0.2) is 48.7 Å². The van der Waals surface area contributed by atoms with Crippen molar-refractivity contribution in [1.82, 2.24) is 20.2 Å². The third-order valence-corrected chi connectivity index (χ3v) is 2.72. The van der Waals surface area contributed by atoms with Gasteiger partial charge in [-0.25, -0.2) is 4.39 Å². The highest BCUT2D eigenvalue weighted by Crippen LogP contribution is 2.13. The summed E-state index contributed by atoms with van der Waals surface area (Å²) in [5.74, 6) is -0.238. The Morgan fingerprint density at radius 2 is 1.95 bits per heavy atom. The highest BCUT2D eigenvalue weighted by atomic mass is 19.1. The van der Waals surface area contributed by atoms with Crippen molar-refractivity contribution in [2.45, 2.75) is 0 Å². The fourth-order valence-electron chi connectivity index (χ4n) is 1.71. The van der Waals surface area contributed by atoms with Crippen molar-refractivity contribution >= 4 is 11.9 Å². The summed E-state index contributed by atoms with van der Waals surface area (Å²) in [6.45, 7) is 0. The summed E-state index contributed by atoms with van der Waals surface area (Å²) in [6.07, 6.45) is 1.63. The molecule has 2 heterocycles. The number of hydrogen-bond donors (Lipinski definition) is 2. The van der Waals surface area contributed by atoms with Crippen LogP contribution in [-0.4, -0.2) is 26.1 Å². The number of anilines is 1. The van der Waals surface area contributed by atoms with E-state index in [1.807, 2.05) is 6.07 Å². The molecule has 2 N–H and O–H groups in total. The van der Waals surface area contributed by atoms with Gasteiger partial charge in [-0.3, -0.25) is 20.2 Å². The van der Waals surface area contributed by atoms with Gasteiger partial charge in [0.25, 0.3) is 5.91 Å². The van der Waals surface area contributed by atoms with Gasteiger partial charge in [-0.05, 0) is 36.4 Å². The molecule has 0 fully saturated rings. The molecule has 21 heavy (non-hydrogen) atoms. The number of aromatic amines is 1. The molecule has 0 aliphatic heterocycles. The summed E-state index contributed by atoms with van der Waals surface area (Å²) < 4.78 is 12.8. The molecule has 0 spiro atoms. The minimum Gasteiger partial charge on any atom is -0.289 e. The van der Waals surface area contributed by atoms with Crippen molar-refractivity contribution in [3.8, 4) is 11.5 Å². The van der Waals surface area contributed by atoms with E-state index in [0.717, 1.165) is 0 Å². The van der Waals surface area contributed by atoms with Crippen LogP contribution in [0.25, 0.3) is 11.5 Å². The molecular weight excluding hydrogens is 273 g/mol. The summed E-state index contributed by atoms with van der Waals surface area (Å²) in [6, 6.07) is 10.6. The Labute approximate surface area is 119 Å². The van der Waals surface area contributed by atoms with Crippen LogP contribution in [0.2, 0.25) is 0 Å². The molecule has 0 atom stereocenters. The second kappa shape index (κ2) is 5.49. The van der Waals surface area contributed by atoms with Crippen molar-refractivity contribution < 1.29 is 9.18 Å². The number of hydrogen-bond acceptors (Lipinski definition) is 4. The Morgan fingerprint density at radius 1 is 1.14 bits per heavy atom. The minimum atomic E-state index is -0.415. The van der Waals surface area contributed by atoms with E-state index in [0.29, 0.717) is 17.1 Å². The molecule has 0 saturated carbocycles. The van der Waals surface area contributed by atoms with Gasteiger partial charge >= 0.3 is 0 Å². The van der Waals surface area contributed by atoms with Crippen molar-refractivity contribution in [1.29, 1.82) is 0 Å². The fraction of sp³-hybridized carbons (Fsp3) is 0. The number of pyridine rings is 1. The molecule has 7 heteroatoms. The molecule has 0 bridgehead atoms. The number of nitrogens with zero attached hydrogens (tertiary/aromatic N) is 3. The van der Waals surface area contributed by atoms with Crippen molar-refractivity contribution in [2.75, 3.05) is 5.32 Å². The first-order valence-corrected chi connectivity index (χ1v) is 6.13. The highest BCUT2D eigenvalue weighted by Gasteiger charge is 2.11. The van der Waals surface area contributed by atoms with Crippen LogP contribution in [0.1, 0.15) is 10.4 Å². The number of H-pyrrole nitrogens is 1. The monoisotopic (exact) mass is 283 g/mol. The highest BCUT2D eigenvalue weighted by molar-refractivity contribution is 6.03. The molecule has 2 aromatic heterocycles. The molecule has 0 aliphatic carbocycles. The van der Waals surface area contributed by atoms with Crippen LogP contribution < -0.4 is 5.32 Å². The predicted molar refractivity (Wildman–Crippen MR) is 74.0 cm³/mol. The minimum absolute atomic E-state index is 0.130. The molecule has 0 saturated heterocycles. The van der Waals surface area contributed by atoms with E-state index in [1.165, 1.54) is 24.3 Å². The third-order valence-electron chi connectivity index (χ3n) is 2.72. The van der Waals surface area contributed by atoms with E-state index < -0.39 is 11.7 Å². The molecule has 1 amide bonds. The zero-order chi connectivity index (χ0) is 14.7. The average Bonchev–Trinajstić information content (AvgIpc) is 2.97. The molecule has 6 nitrogen and oxygen atoms in total. The lowest BCUT2D eigenvalue weighted by Gasteiger charge is -2.00. The van der Waals surface area contributed by atoms with Gasteiger partial charge in [0.2, 0.25) is 5.95 Å². The molecule has 104 valence electrons. The quantitative estimate of drug-likeness (QED) is 0.772. The lowest BCUT2D eigenvalue weighted by molar-refractivity contribution is 0.102. The van der Waals surface area contributed by atoms with E-state index >= 15 is 0 Å². The number of carbonyl (C=O) groups is 1. The maximum atomic E-state index is 12.8. The van der Waals surface area contributed by atoms with Gasteiger partial charge in [-0.2, -0.15) is 4.98 Å². The standard InChI is InChI=1S/C14H10FN5O/c15-10-6-4-9(5-7-10)13(21)18-14-17-12(19-20-14)11-3-1-2-8-16-11/h1-8H,(H2,17,18,19,20,21). The van der Waals surface area contributed by atoms with Gasteiger partial charge in [-0.1, -0.05) is 6.07 Å². The van der Waals surface area contributed by atoms with E-state index in [9.17, 15) is 9.18 Å². The number of nitrogens with one attached hydrogen (secondary N) is 2. The van der Waals surface area contributed by atoms with Crippen molar-refractivity contribution in [3.05, 3.63) is 60.0 Å². The Morgan fingerprint density at radius 3 is 2.67 bits per heavy atom. The number of amides is 1. The smallest absolute Gasteiger partial charge is 0.258 e. The number of carbonyl (C=O) groups excluding carboxylic acids is 1. The zero-order valence-electron chi connectivity index (χ0n) is 10.7. The van der Waals surface area contributed by atoms with Gasteiger partial charge in [0.1, 0.15) is 11.5 Å². The summed E-state index contributed by atoms with van der Waals surface area (Å²) in [5.41, 5.74) is 0.938. The Kier molecular flexibility index (Phi) is 3.38. The van der Waals surface area contributed by atoms with Gasteiger partial charge < -0.3 is 0 Å². The Bertz CT molecular complexity index is 755. The molecule has 0 unspecified atom stereocenters. The van der Waals surface area contributed by atoms with Crippen LogP contribution in [-0.2, 0) is 0 Å². The molecule has 1 aromatic carbocycles. The van der Waals surface area contributed by atoms with Crippen LogP contribution in [0, 0.1) is 5.82 Å². The van der Waals surface area contributed by atoms with E-state index in [-0.39, 0.29) is 5.95 Å². The Balaban J connectivity index is 1.75. The topological polar surface area (TPSA) is 83.6 Å². The number of benzene rings is 1. The van der Waals surface area contributed by atoms with Crippen LogP contribution in [0.5, 0.6) is 0 Å². The lowest BCUT2D eigenvalue weighted by Crippen LogP contribution is -2.12. The number of halogens is 1. The van der Waals surface area contributed by atoms with Gasteiger partial charge in [0.05, 0.1) is 0 Å². The van der Waals surface area contributed by atoms with E-state index in [1.54, 1.807) is 18.3 Å². The first-order chi connectivity index (χ1) is 10.2. The van der Waals surface area contributed by atoms with Gasteiger partial charge in [0.15, 0.2) is 5.82 Å². The summed E-state index contributed by atoms with van der Waals surface area (Å²) in [7, 11) is 0. The molecule has 3 rings (SSSR count). The SMILES string of the molecule is O=C(Nc1n[nH]c(-c2ccccn2)n1)c1ccc(F)cc1. The van der Waals surface area contributed by atoms with Crippen LogP contribution in [0.4, 0.5) is 10.3 Å². The molecular formula is C14H10FN5O. The summed E-state index contributed by atoms with van der Waals surface area (Å²) in [5, 5.41) is 9.11. The van der Waals surface area contributed by atoms with Gasteiger partial charge in [-0.15, -0.1) is 5.10 Å². The first-order valence-electron chi connectivity index (χ1n) is 6.13. The van der Waals surface area contributed by atoms with Crippen molar-refractivity contribution in [2.24, 2.45) is 0 Å². The predicted octanol–water partition coefficient (Wildman–Crippen LogP) is 2.26. The second-order valence-electron chi connectivity index (χ2n) is 4.18. The number of rotatable bonds is 3. The lowest BCUT2D eigenvalue weighted by atomic mass is 10.2. The van der Waals surface area contributed by atoms with E-state index in [2.05, 4.69) is 25.5 Å². The van der Waals surface area contributed by atoms with Crippen molar-refractivity contribution in [3.63, 3.8) is 0 Å². The molecule has 0 aliphatic rings. The zero-order valence-corrected chi connectivity index (χ0v) is 10.7.